The van der Waals surface area contributed by atoms with Gasteiger partial charge in [0.2, 0.25) is 0 Å². The molecule has 0 bridgehead atoms. The third kappa shape index (κ3) is 4.64. The number of aliphatic hydroxyl groups is 1. The maximum atomic E-state index is 14.0. The Bertz CT molecular complexity index is 793. The highest BCUT2D eigenvalue weighted by molar-refractivity contribution is 14.1. The number of benzene rings is 2. The Morgan fingerprint density at radius 3 is 2.75 bits per heavy atom. The van der Waals surface area contributed by atoms with E-state index in [1.165, 1.54) is 24.3 Å². The highest BCUT2D eigenvalue weighted by Gasteiger charge is 2.14. The van der Waals surface area contributed by atoms with Gasteiger partial charge in [-0.3, -0.25) is 9.63 Å². The summed E-state index contributed by atoms with van der Waals surface area (Å²) in [5.74, 6) is -1.06. The molecule has 0 spiro atoms. The molecule has 8 heteroatoms. The molecule has 0 aromatic heterocycles. The van der Waals surface area contributed by atoms with Crippen LogP contribution in [-0.2, 0) is 4.84 Å². The molecule has 0 heterocycles. The number of aliphatic hydroxyl groups excluding tert-OH is 1. The maximum Gasteiger partial charge on any atom is 0.276 e. The van der Waals surface area contributed by atoms with E-state index < -0.39 is 11.7 Å². The van der Waals surface area contributed by atoms with Crippen LogP contribution < -0.4 is 10.8 Å². The zero-order valence-corrected chi connectivity index (χ0v) is 14.5. The minimum Gasteiger partial charge on any atom is -0.394 e. The van der Waals surface area contributed by atoms with Gasteiger partial charge in [-0.1, -0.05) is 0 Å². The Kier molecular flexibility index (Phi) is 6.48. The first-order valence-electron chi connectivity index (χ1n) is 6.84. The number of hydrogen-bond donors (Lipinski definition) is 3. The molecule has 2 aromatic rings. The van der Waals surface area contributed by atoms with E-state index in [-0.39, 0.29) is 30.2 Å². The molecule has 3 N–H and O–H groups in total. The van der Waals surface area contributed by atoms with E-state index in [1.54, 1.807) is 12.1 Å². The Morgan fingerprint density at radius 2 is 2.08 bits per heavy atom. The molecule has 6 nitrogen and oxygen atoms in total. The van der Waals surface area contributed by atoms with Gasteiger partial charge in [-0.2, -0.15) is 5.26 Å². The molecule has 0 fully saturated rings. The number of hydrogen-bond acceptors (Lipinski definition) is 5. The van der Waals surface area contributed by atoms with E-state index >= 15 is 0 Å². The first kappa shape index (κ1) is 18.1. The first-order chi connectivity index (χ1) is 11.5. The summed E-state index contributed by atoms with van der Waals surface area (Å²) >= 11 is 1.99. The molecular formula is C16H13FIN3O3. The molecule has 1 amide bonds. The van der Waals surface area contributed by atoms with Crippen molar-refractivity contribution in [1.82, 2.24) is 5.48 Å². The minimum atomic E-state index is -0.582. The van der Waals surface area contributed by atoms with Gasteiger partial charge in [0.25, 0.3) is 5.91 Å². The second kappa shape index (κ2) is 8.58. The summed E-state index contributed by atoms with van der Waals surface area (Å²) in [4.78, 5) is 16.9. The summed E-state index contributed by atoms with van der Waals surface area (Å²) in [5.41, 5.74) is 3.10. The van der Waals surface area contributed by atoms with E-state index in [1.807, 2.05) is 28.7 Å². The molecule has 0 aliphatic heterocycles. The van der Waals surface area contributed by atoms with E-state index in [2.05, 4.69) is 10.8 Å². The van der Waals surface area contributed by atoms with Crippen molar-refractivity contribution in [1.29, 1.82) is 5.26 Å². The SMILES string of the molecule is N#Cc1ccc(C(=O)NOCCO)c(Nc2ccc(I)cc2F)c1. The average molecular weight is 441 g/mol. The predicted molar refractivity (Wildman–Crippen MR) is 94.1 cm³/mol. The van der Waals surface area contributed by atoms with Crippen molar-refractivity contribution in [2.24, 2.45) is 0 Å². The number of carbonyl (C=O) groups is 1. The van der Waals surface area contributed by atoms with Crippen LogP contribution in [0.4, 0.5) is 15.8 Å². The van der Waals surface area contributed by atoms with Crippen molar-refractivity contribution in [3.63, 3.8) is 0 Å². The fourth-order valence-electron chi connectivity index (χ4n) is 1.87. The van der Waals surface area contributed by atoms with Crippen molar-refractivity contribution in [3.05, 3.63) is 56.9 Å². The molecule has 0 atom stereocenters. The second-order valence-electron chi connectivity index (χ2n) is 4.62. The lowest BCUT2D eigenvalue weighted by molar-refractivity contribution is 0.0169. The Labute approximate surface area is 151 Å². The molecule has 2 aromatic carbocycles. The third-order valence-electron chi connectivity index (χ3n) is 2.95. The van der Waals surface area contributed by atoms with Gasteiger partial charge in [0.15, 0.2) is 0 Å². The molecule has 0 aliphatic carbocycles. The zero-order chi connectivity index (χ0) is 17.5. The van der Waals surface area contributed by atoms with Gasteiger partial charge < -0.3 is 10.4 Å². The summed E-state index contributed by atoms with van der Waals surface area (Å²) in [6.45, 7) is -0.302. The molecular weight excluding hydrogens is 428 g/mol. The van der Waals surface area contributed by atoms with Gasteiger partial charge in [-0.05, 0) is 59.0 Å². The lowest BCUT2D eigenvalue weighted by atomic mass is 10.1. The van der Waals surface area contributed by atoms with Gasteiger partial charge in [0.05, 0.1) is 41.8 Å². The van der Waals surface area contributed by atoms with Crippen molar-refractivity contribution in [2.45, 2.75) is 0 Å². The lowest BCUT2D eigenvalue weighted by Gasteiger charge is -2.13. The average Bonchev–Trinajstić information content (AvgIpc) is 2.57. The quantitative estimate of drug-likeness (QED) is 0.364. The van der Waals surface area contributed by atoms with Crippen LogP contribution in [0.15, 0.2) is 36.4 Å². The minimum absolute atomic E-state index is 0.0590. The van der Waals surface area contributed by atoms with Gasteiger partial charge in [-0.15, -0.1) is 0 Å². The van der Waals surface area contributed by atoms with Crippen LogP contribution in [-0.4, -0.2) is 24.2 Å². The Morgan fingerprint density at radius 1 is 1.29 bits per heavy atom. The largest absolute Gasteiger partial charge is 0.394 e. The number of halogens is 2. The molecule has 0 saturated carbocycles. The number of nitriles is 1. The van der Waals surface area contributed by atoms with Crippen LogP contribution in [0.5, 0.6) is 0 Å². The van der Waals surface area contributed by atoms with E-state index in [4.69, 9.17) is 15.2 Å². The molecule has 0 unspecified atom stereocenters. The monoisotopic (exact) mass is 441 g/mol. The summed E-state index contributed by atoms with van der Waals surface area (Å²) in [6, 6.07) is 10.9. The smallest absolute Gasteiger partial charge is 0.276 e. The topological polar surface area (TPSA) is 94.4 Å². The van der Waals surface area contributed by atoms with Crippen molar-refractivity contribution in [3.8, 4) is 6.07 Å². The van der Waals surface area contributed by atoms with E-state index in [0.717, 1.165) is 3.57 Å². The number of carbonyl (C=O) groups excluding carboxylic acids is 1. The highest BCUT2D eigenvalue weighted by Crippen LogP contribution is 2.25. The number of nitrogens with one attached hydrogen (secondary N) is 2. The Balaban J connectivity index is 2.32. The number of rotatable bonds is 6. The fourth-order valence-corrected chi connectivity index (χ4v) is 2.32. The molecule has 0 aliphatic rings. The first-order valence-corrected chi connectivity index (χ1v) is 7.92. The van der Waals surface area contributed by atoms with Crippen LogP contribution in [0, 0.1) is 20.7 Å². The summed E-state index contributed by atoms with van der Waals surface area (Å²) in [7, 11) is 0. The van der Waals surface area contributed by atoms with Gasteiger partial charge in [0.1, 0.15) is 5.82 Å². The van der Waals surface area contributed by atoms with Crippen molar-refractivity contribution >= 4 is 39.9 Å². The van der Waals surface area contributed by atoms with Crippen LogP contribution in [0.2, 0.25) is 0 Å². The molecule has 2 rings (SSSR count). The summed E-state index contributed by atoms with van der Waals surface area (Å²) < 4.78 is 14.7. The van der Waals surface area contributed by atoms with E-state index in [0.29, 0.717) is 5.56 Å². The van der Waals surface area contributed by atoms with Gasteiger partial charge in [0, 0.05) is 3.57 Å². The zero-order valence-electron chi connectivity index (χ0n) is 12.3. The van der Waals surface area contributed by atoms with Crippen molar-refractivity contribution in [2.75, 3.05) is 18.5 Å². The van der Waals surface area contributed by atoms with Crippen molar-refractivity contribution < 1.29 is 19.1 Å². The lowest BCUT2D eigenvalue weighted by Crippen LogP contribution is -2.26. The normalized spacial score (nSPS) is 10.1. The molecule has 0 saturated heterocycles. The predicted octanol–water partition coefficient (Wildman–Crippen LogP) is 2.70. The van der Waals surface area contributed by atoms with Gasteiger partial charge in [-0.25, -0.2) is 9.87 Å². The summed E-state index contributed by atoms with van der Waals surface area (Å²) in [5, 5.41) is 20.5. The fraction of sp³-hybridized carbons (Fsp3) is 0.125. The molecule has 24 heavy (non-hydrogen) atoms. The van der Waals surface area contributed by atoms with E-state index in [9.17, 15) is 9.18 Å². The number of hydroxylamine groups is 1. The standard InChI is InChI=1S/C16H13FIN3O3/c17-13-8-11(18)2-4-14(13)20-15-7-10(9-19)1-3-12(15)16(23)21-24-6-5-22/h1-4,7-8,20,22H,5-6H2,(H,21,23). The maximum absolute atomic E-state index is 14.0. The van der Waals surface area contributed by atoms with Crippen LogP contribution in [0.25, 0.3) is 0 Å². The van der Waals surface area contributed by atoms with Crippen LogP contribution in [0.1, 0.15) is 15.9 Å². The van der Waals surface area contributed by atoms with Gasteiger partial charge >= 0.3 is 0 Å². The Hall–Kier alpha value is -2.22. The molecule has 124 valence electrons. The highest BCUT2D eigenvalue weighted by atomic mass is 127. The van der Waals surface area contributed by atoms with Crippen LogP contribution in [0.3, 0.4) is 0 Å². The summed E-state index contributed by atoms with van der Waals surface area (Å²) in [6.07, 6.45) is 0. The number of amides is 1. The molecule has 0 radical (unpaired) electrons. The third-order valence-corrected chi connectivity index (χ3v) is 3.62. The number of anilines is 2. The van der Waals surface area contributed by atoms with Crippen LogP contribution >= 0.6 is 22.6 Å². The number of nitrogens with zero attached hydrogens (tertiary/aromatic N) is 1. The second-order valence-corrected chi connectivity index (χ2v) is 5.87.